The minimum atomic E-state index is -3.86. The highest BCUT2D eigenvalue weighted by molar-refractivity contribution is 7.89. The molecule has 3 aromatic rings. The van der Waals surface area contributed by atoms with Crippen LogP contribution in [0, 0.1) is 19.8 Å². The monoisotopic (exact) mass is 719 g/mol. The summed E-state index contributed by atoms with van der Waals surface area (Å²) in [5.41, 5.74) is 1.51. The van der Waals surface area contributed by atoms with E-state index in [9.17, 15) is 23.1 Å². The molecule has 2 aromatic carbocycles. The lowest BCUT2D eigenvalue weighted by atomic mass is 10.0. The molecule has 1 aliphatic rings. The van der Waals surface area contributed by atoms with Crippen molar-refractivity contribution in [2.75, 3.05) is 44.0 Å². The Labute approximate surface area is 292 Å². The fraction of sp³-hybridized carbons (Fsp3) is 0.500. The number of benzene rings is 2. The molecule has 2 heterocycles. The Kier molecular flexibility index (Phi) is 13.1. The van der Waals surface area contributed by atoms with Crippen molar-refractivity contribution in [2.24, 2.45) is 5.92 Å². The Hall–Kier alpha value is -3.69. The van der Waals surface area contributed by atoms with Crippen LogP contribution in [0.25, 0.3) is 0 Å². The number of likely N-dealkylation sites (N-methyl/N-ethyl adjacent to an activating group) is 1. The highest BCUT2D eigenvalue weighted by Crippen LogP contribution is 2.29. The lowest BCUT2D eigenvalue weighted by Crippen LogP contribution is -2.48. The SMILES string of the molecule is Cc1noc(C)c1NC(=O)Nc1ccc2c(c1)C(=O)N([C@@H](C)CO)C[C@H](C)[C@H](CN(C)S(=O)(=O)c1ccc(Cl)cc1)OCCCC[C@@H](C)O2. The van der Waals surface area contributed by atoms with Crippen LogP contribution in [0.1, 0.15) is 61.8 Å². The summed E-state index contributed by atoms with van der Waals surface area (Å²) in [5, 5.41) is 20.0. The van der Waals surface area contributed by atoms with Gasteiger partial charge in [-0.2, -0.15) is 4.31 Å². The fourth-order valence-corrected chi connectivity index (χ4v) is 6.85. The Morgan fingerprint density at radius 2 is 1.86 bits per heavy atom. The van der Waals surface area contributed by atoms with Gasteiger partial charge in [0.25, 0.3) is 5.91 Å². The van der Waals surface area contributed by atoms with Crippen molar-refractivity contribution in [2.45, 2.75) is 77.0 Å². The average Bonchev–Trinajstić information content (AvgIpc) is 3.38. The summed E-state index contributed by atoms with van der Waals surface area (Å²) in [4.78, 5) is 28.9. The molecule has 0 fully saturated rings. The lowest BCUT2D eigenvalue weighted by molar-refractivity contribution is -0.00833. The van der Waals surface area contributed by atoms with Gasteiger partial charge in [-0.3, -0.25) is 4.79 Å². The highest BCUT2D eigenvalue weighted by Gasteiger charge is 2.32. The first-order valence-corrected chi connectivity index (χ1v) is 18.1. The maximum atomic E-state index is 14.4. The standard InChI is InChI=1S/C34H46ClN5O8S/c1-21-18-40(22(2)20-41)33(42)29-17-27(36-34(43)37-32-24(4)38-48-25(32)5)12-15-30(29)47-23(3)9-7-8-16-46-31(21)19-39(6)49(44,45)28-13-10-26(35)11-14-28/h10-15,17,21-23,31,41H,7-9,16,18-20H2,1-6H3,(H2,36,37,43)/t21-,22-,23+,31-/m0/s1. The number of aliphatic hydroxyl groups is 1. The summed E-state index contributed by atoms with van der Waals surface area (Å²) in [6.07, 6.45) is 1.35. The lowest BCUT2D eigenvalue weighted by Gasteiger charge is -2.35. The van der Waals surface area contributed by atoms with E-state index in [1.165, 1.54) is 40.5 Å². The third kappa shape index (κ3) is 9.73. The quantitative estimate of drug-likeness (QED) is 0.265. The molecule has 4 rings (SSSR count). The zero-order valence-electron chi connectivity index (χ0n) is 28.7. The molecule has 0 unspecified atom stereocenters. The Morgan fingerprint density at radius 1 is 1.14 bits per heavy atom. The molecule has 1 aromatic heterocycles. The number of carbonyl (C=O) groups is 2. The van der Waals surface area contributed by atoms with Crippen LogP contribution >= 0.6 is 11.6 Å². The number of hydrogen-bond donors (Lipinski definition) is 3. The maximum absolute atomic E-state index is 14.4. The summed E-state index contributed by atoms with van der Waals surface area (Å²) in [5.74, 6) is 0.0151. The molecular formula is C34H46ClN5O8S. The number of anilines is 2. The van der Waals surface area contributed by atoms with Gasteiger partial charge in [0, 0.05) is 43.4 Å². The second-order valence-corrected chi connectivity index (χ2v) is 15.0. The number of sulfonamides is 1. The molecule has 3 N–H and O–H groups in total. The number of halogens is 1. The van der Waals surface area contributed by atoms with E-state index in [0.29, 0.717) is 46.6 Å². The second-order valence-electron chi connectivity index (χ2n) is 12.5. The number of amides is 3. The third-order valence-electron chi connectivity index (χ3n) is 8.54. The molecule has 0 radical (unpaired) electrons. The Bertz CT molecular complexity index is 1680. The average molecular weight is 720 g/mol. The highest BCUT2D eigenvalue weighted by atomic mass is 35.5. The van der Waals surface area contributed by atoms with Crippen molar-refractivity contribution < 1.29 is 37.1 Å². The van der Waals surface area contributed by atoms with Gasteiger partial charge in [-0.05, 0) is 89.4 Å². The number of carbonyl (C=O) groups excluding carboxylic acids is 2. The van der Waals surface area contributed by atoms with Gasteiger partial charge in [-0.25, -0.2) is 13.2 Å². The number of nitrogens with zero attached hydrogens (tertiary/aromatic N) is 3. The van der Waals surface area contributed by atoms with E-state index in [2.05, 4.69) is 15.8 Å². The molecule has 3 amide bonds. The first-order valence-electron chi connectivity index (χ1n) is 16.3. The van der Waals surface area contributed by atoms with Crippen LogP contribution in [-0.4, -0.2) is 91.4 Å². The van der Waals surface area contributed by atoms with Gasteiger partial charge >= 0.3 is 6.03 Å². The zero-order chi connectivity index (χ0) is 35.9. The first kappa shape index (κ1) is 38.1. The van der Waals surface area contributed by atoms with Crippen molar-refractivity contribution in [3.05, 3.63) is 64.5 Å². The van der Waals surface area contributed by atoms with E-state index in [1.54, 1.807) is 39.0 Å². The largest absolute Gasteiger partial charge is 0.490 e. The number of aliphatic hydroxyl groups excluding tert-OH is 1. The summed E-state index contributed by atoms with van der Waals surface area (Å²) < 4.78 is 45.8. The summed E-state index contributed by atoms with van der Waals surface area (Å²) >= 11 is 5.98. The van der Waals surface area contributed by atoms with Gasteiger partial charge in [0.05, 0.1) is 35.3 Å². The number of hydrogen-bond acceptors (Lipinski definition) is 9. The minimum absolute atomic E-state index is 0.0338. The van der Waals surface area contributed by atoms with E-state index in [4.69, 9.17) is 25.6 Å². The van der Waals surface area contributed by atoms with Gasteiger partial charge in [0.15, 0.2) is 5.76 Å². The zero-order valence-corrected chi connectivity index (χ0v) is 30.3. The number of fused-ring (bicyclic) bond motifs is 1. The molecule has 0 saturated heterocycles. The van der Waals surface area contributed by atoms with E-state index < -0.39 is 34.1 Å². The molecule has 13 nitrogen and oxygen atoms in total. The molecule has 0 spiro atoms. The van der Waals surface area contributed by atoms with Crippen LogP contribution < -0.4 is 15.4 Å². The topological polar surface area (TPSA) is 164 Å². The molecule has 4 atom stereocenters. The third-order valence-corrected chi connectivity index (χ3v) is 10.6. The summed E-state index contributed by atoms with van der Waals surface area (Å²) in [7, 11) is -2.36. The van der Waals surface area contributed by atoms with E-state index in [0.717, 1.165) is 12.8 Å². The number of rotatable bonds is 8. The van der Waals surface area contributed by atoms with Crippen LogP contribution in [-0.2, 0) is 14.8 Å². The van der Waals surface area contributed by atoms with Crippen LogP contribution in [0.4, 0.5) is 16.2 Å². The number of aryl methyl sites for hydroxylation is 2. The molecule has 0 aliphatic carbocycles. The van der Waals surface area contributed by atoms with Crippen molar-refractivity contribution in [1.82, 2.24) is 14.4 Å². The normalized spacial score (nSPS) is 20.2. The predicted molar refractivity (Wildman–Crippen MR) is 187 cm³/mol. The molecule has 49 heavy (non-hydrogen) atoms. The number of urea groups is 1. The van der Waals surface area contributed by atoms with Crippen LogP contribution in [0.15, 0.2) is 51.9 Å². The number of ether oxygens (including phenoxy) is 2. The Balaban J connectivity index is 1.63. The maximum Gasteiger partial charge on any atom is 0.323 e. The molecule has 268 valence electrons. The molecule has 0 saturated carbocycles. The molecule has 0 bridgehead atoms. The van der Waals surface area contributed by atoms with Gasteiger partial charge in [0.2, 0.25) is 10.0 Å². The first-order chi connectivity index (χ1) is 23.2. The number of nitrogens with one attached hydrogen (secondary N) is 2. The van der Waals surface area contributed by atoms with E-state index in [-0.39, 0.29) is 42.2 Å². The van der Waals surface area contributed by atoms with Crippen molar-refractivity contribution in [3.63, 3.8) is 0 Å². The molecule has 15 heteroatoms. The van der Waals surface area contributed by atoms with Crippen LogP contribution in [0.2, 0.25) is 5.02 Å². The molecule has 1 aliphatic heterocycles. The summed E-state index contributed by atoms with van der Waals surface area (Å²) in [6, 6.07) is 9.65. The van der Waals surface area contributed by atoms with E-state index >= 15 is 0 Å². The smallest absolute Gasteiger partial charge is 0.323 e. The van der Waals surface area contributed by atoms with Crippen molar-refractivity contribution >= 4 is 44.9 Å². The van der Waals surface area contributed by atoms with Crippen molar-refractivity contribution in [1.29, 1.82) is 0 Å². The Morgan fingerprint density at radius 3 is 2.51 bits per heavy atom. The van der Waals surface area contributed by atoms with Gasteiger partial charge in [0.1, 0.15) is 17.1 Å². The summed E-state index contributed by atoms with van der Waals surface area (Å²) in [6.45, 7) is 9.16. The number of aromatic nitrogens is 1. The van der Waals surface area contributed by atoms with Gasteiger partial charge in [-0.15, -0.1) is 0 Å². The van der Waals surface area contributed by atoms with Crippen LogP contribution in [0.3, 0.4) is 0 Å². The second kappa shape index (κ2) is 16.8. The van der Waals surface area contributed by atoms with Crippen LogP contribution in [0.5, 0.6) is 5.75 Å². The predicted octanol–water partition coefficient (Wildman–Crippen LogP) is 5.71. The minimum Gasteiger partial charge on any atom is -0.490 e. The van der Waals surface area contributed by atoms with Gasteiger partial charge in [-0.1, -0.05) is 23.7 Å². The van der Waals surface area contributed by atoms with E-state index in [1.807, 2.05) is 13.8 Å². The van der Waals surface area contributed by atoms with Crippen molar-refractivity contribution in [3.8, 4) is 5.75 Å². The van der Waals surface area contributed by atoms with Gasteiger partial charge < -0.3 is 34.6 Å². The fourth-order valence-electron chi connectivity index (χ4n) is 5.54. The molecular weight excluding hydrogens is 674 g/mol.